The molecule has 0 bridgehead atoms. The molecular formula is C22H24N2O2. The van der Waals surface area contributed by atoms with Gasteiger partial charge < -0.3 is 10.4 Å². The van der Waals surface area contributed by atoms with Gasteiger partial charge in [-0.1, -0.05) is 48.5 Å². The number of aliphatic hydroxyl groups is 1. The Balaban J connectivity index is 1.82. The number of fused-ring (bicyclic) bond motifs is 1. The van der Waals surface area contributed by atoms with Crippen LogP contribution in [0.4, 0.5) is 0 Å². The number of rotatable bonds is 6. The maximum Gasteiger partial charge on any atom is 0.224 e. The van der Waals surface area contributed by atoms with E-state index in [1.54, 1.807) is 0 Å². The lowest BCUT2D eigenvalue weighted by atomic mass is 9.98. The van der Waals surface area contributed by atoms with Crippen LogP contribution in [0.3, 0.4) is 0 Å². The molecule has 2 aromatic carbocycles. The van der Waals surface area contributed by atoms with Crippen LogP contribution in [0.5, 0.6) is 0 Å². The third-order valence-electron chi connectivity index (χ3n) is 4.78. The lowest BCUT2D eigenvalue weighted by molar-refractivity contribution is -0.121. The van der Waals surface area contributed by atoms with Crippen molar-refractivity contribution in [3.63, 3.8) is 0 Å². The van der Waals surface area contributed by atoms with Crippen LogP contribution >= 0.6 is 0 Å². The lowest BCUT2D eigenvalue weighted by Crippen LogP contribution is -2.31. The summed E-state index contributed by atoms with van der Waals surface area (Å²) < 4.78 is 0. The van der Waals surface area contributed by atoms with Crippen LogP contribution in [0.25, 0.3) is 10.9 Å². The Kier molecular flexibility index (Phi) is 5.64. The number of para-hydroxylation sites is 1. The molecule has 0 aliphatic heterocycles. The molecule has 1 unspecified atom stereocenters. The molecule has 4 nitrogen and oxygen atoms in total. The van der Waals surface area contributed by atoms with E-state index in [1.807, 2.05) is 68.4 Å². The molecule has 0 radical (unpaired) electrons. The fraction of sp³-hybridized carbons (Fsp3) is 0.273. The number of aromatic nitrogens is 1. The zero-order valence-corrected chi connectivity index (χ0v) is 15.2. The number of pyridine rings is 1. The first kappa shape index (κ1) is 18.1. The molecule has 4 heteroatoms. The van der Waals surface area contributed by atoms with Gasteiger partial charge in [0.15, 0.2) is 0 Å². The van der Waals surface area contributed by atoms with E-state index in [1.165, 1.54) is 0 Å². The van der Waals surface area contributed by atoms with Crippen LogP contribution in [-0.2, 0) is 11.2 Å². The summed E-state index contributed by atoms with van der Waals surface area (Å²) in [5.74, 6) is -0.0596. The first-order chi connectivity index (χ1) is 12.6. The molecule has 0 spiro atoms. The summed E-state index contributed by atoms with van der Waals surface area (Å²) in [5.41, 5.74) is 4.91. The number of carbonyl (C=O) groups is 1. The first-order valence-corrected chi connectivity index (χ1v) is 8.90. The van der Waals surface area contributed by atoms with E-state index in [0.717, 1.165) is 33.3 Å². The highest BCUT2D eigenvalue weighted by atomic mass is 16.3. The van der Waals surface area contributed by atoms with E-state index in [0.29, 0.717) is 6.42 Å². The fourth-order valence-electron chi connectivity index (χ4n) is 3.37. The highest BCUT2D eigenvalue weighted by Crippen LogP contribution is 2.23. The average molecular weight is 348 g/mol. The summed E-state index contributed by atoms with van der Waals surface area (Å²) in [6, 6.07) is 17.5. The highest BCUT2D eigenvalue weighted by Gasteiger charge is 2.17. The Morgan fingerprint density at radius 3 is 2.50 bits per heavy atom. The molecule has 0 saturated carbocycles. The minimum absolute atomic E-state index is 0.0232. The molecule has 134 valence electrons. The largest absolute Gasteiger partial charge is 0.396 e. The smallest absolute Gasteiger partial charge is 0.224 e. The maximum atomic E-state index is 12.7. The molecule has 0 aliphatic rings. The van der Waals surface area contributed by atoms with Crippen molar-refractivity contribution < 1.29 is 9.90 Å². The molecule has 1 atom stereocenters. The van der Waals surface area contributed by atoms with Crippen molar-refractivity contribution in [3.05, 3.63) is 77.0 Å². The summed E-state index contributed by atoms with van der Waals surface area (Å²) in [6.07, 6.45) is 0.772. The van der Waals surface area contributed by atoms with Crippen molar-refractivity contribution in [1.29, 1.82) is 0 Å². The van der Waals surface area contributed by atoms with Crippen molar-refractivity contribution in [1.82, 2.24) is 10.3 Å². The van der Waals surface area contributed by atoms with Gasteiger partial charge in [0, 0.05) is 17.7 Å². The van der Waals surface area contributed by atoms with E-state index >= 15 is 0 Å². The number of aliphatic hydroxyl groups excluding tert-OH is 1. The van der Waals surface area contributed by atoms with Crippen LogP contribution in [-0.4, -0.2) is 22.6 Å². The monoisotopic (exact) mass is 348 g/mol. The van der Waals surface area contributed by atoms with Gasteiger partial charge in [-0.3, -0.25) is 9.78 Å². The Morgan fingerprint density at radius 2 is 1.77 bits per heavy atom. The summed E-state index contributed by atoms with van der Waals surface area (Å²) in [6.45, 7) is 4.02. The Bertz CT molecular complexity index is 907. The van der Waals surface area contributed by atoms with Gasteiger partial charge in [-0.05, 0) is 43.0 Å². The molecular weight excluding hydrogens is 324 g/mol. The maximum absolute atomic E-state index is 12.7. The Hall–Kier alpha value is -2.72. The topological polar surface area (TPSA) is 62.2 Å². The SMILES string of the molecule is Cc1nc2ccccc2c(C)c1CC(=O)NC(CCO)c1ccccc1. The third kappa shape index (κ3) is 3.92. The van der Waals surface area contributed by atoms with Gasteiger partial charge in [-0.15, -0.1) is 0 Å². The summed E-state index contributed by atoms with van der Waals surface area (Å²) in [7, 11) is 0. The first-order valence-electron chi connectivity index (χ1n) is 8.90. The van der Waals surface area contributed by atoms with Gasteiger partial charge >= 0.3 is 0 Å². The van der Waals surface area contributed by atoms with Crippen LogP contribution < -0.4 is 5.32 Å². The van der Waals surface area contributed by atoms with Crippen molar-refractivity contribution >= 4 is 16.8 Å². The zero-order chi connectivity index (χ0) is 18.5. The number of benzene rings is 2. The average Bonchev–Trinajstić information content (AvgIpc) is 2.65. The predicted molar refractivity (Wildman–Crippen MR) is 104 cm³/mol. The summed E-state index contributed by atoms with van der Waals surface area (Å²) in [4.78, 5) is 17.3. The van der Waals surface area contributed by atoms with Gasteiger partial charge in [0.05, 0.1) is 18.0 Å². The van der Waals surface area contributed by atoms with Gasteiger partial charge in [-0.2, -0.15) is 0 Å². The van der Waals surface area contributed by atoms with Crippen molar-refractivity contribution in [2.24, 2.45) is 0 Å². The zero-order valence-electron chi connectivity index (χ0n) is 15.2. The number of carbonyl (C=O) groups excluding carboxylic acids is 1. The molecule has 1 aromatic heterocycles. The second-order valence-corrected chi connectivity index (χ2v) is 6.54. The van der Waals surface area contributed by atoms with E-state index in [4.69, 9.17) is 0 Å². The molecule has 3 rings (SSSR count). The van der Waals surface area contributed by atoms with Gasteiger partial charge in [0.2, 0.25) is 5.91 Å². The number of hydrogen-bond donors (Lipinski definition) is 2. The number of amides is 1. The molecule has 0 fully saturated rings. The number of nitrogens with one attached hydrogen (secondary N) is 1. The minimum Gasteiger partial charge on any atom is -0.396 e. The number of nitrogens with zero attached hydrogens (tertiary/aromatic N) is 1. The van der Waals surface area contributed by atoms with Crippen molar-refractivity contribution in [3.8, 4) is 0 Å². The second kappa shape index (κ2) is 8.11. The fourth-order valence-corrected chi connectivity index (χ4v) is 3.37. The number of aryl methyl sites for hydroxylation is 2. The second-order valence-electron chi connectivity index (χ2n) is 6.54. The van der Waals surface area contributed by atoms with Gasteiger partial charge in [0.1, 0.15) is 0 Å². The molecule has 26 heavy (non-hydrogen) atoms. The normalized spacial score (nSPS) is 12.1. The number of hydrogen-bond acceptors (Lipinski definition) is 3. The molecule has 1 amide bonds. The van der Waals surface area contributed by atoms with Crippen LogP contribution in [0.1, 0.15) is 34.8 Å². The minimum atomic E-state index is -0.192. The van der Waals surface area contributed by atoms with Crippen molar-refractivity contribution in [2.75, 3.05) is 6.61 Å². The van der Waals surface area contributed by atoms with Crippen molar-refractivity contribution in [2.45, 2.75) is 32.7 Å². The quantitative estimate of drug-likeness (QED) is 0.715. The van der Waals surface area contributed by atoms with Crippen LogP contribution in [0.2, 0.25) is 0 Å². The molecule has 0 saturated heterocycles. The van der Waals surface area contributed by atoms with Gasteiger partial charge in [0.25, 0.3) is 0 Å². The highest BCUT2D eigenvalue weighted by molar-refractivity contribution is 5.86. The standard InChI is InChI=1S/C22H24N2O2/c1-15-18-10-6-7-11-21(18)23-16(2)19(15)14-22(26)24-20(12-13-25)17-8-4-3-5-9-17/h3-11,20,25H,12-14H2,1-2H3,(H,24,26). The molecule has 0 aliphatic carbocycles. The van der Waals surface area contributed by atoms with Crippen LogP contribution in [0, 0.1) is 13.8 Å². The van der Waals surface area contributed by atoms with Gasteiger partial charge in [-0.25, -0.2) is 0 Å². The van der Waals surface area contributed by atoms with Crippen LogP contribution in [0.15, 0.2) is 54.6 Å². The Morgan fingerprint density at radius 1 is 1.08 bits per heavy atom. The molecule has 3 aromatic rings. The molecule has 2 N–H and O–H groups in total. The van der Waals surface area contributed by atoms with E-state index in [2.05, 4.69) is 10.3 Å². The lowest BCUT2D eigenvalue weighted by Gasteiger charge is -2.19. The predicted octanol–water partition coefficient (Wildman–Crippen LogP) is 3.63. The Labute approximate surface area is 153 Å². The summed E-state index contributed by atoms with van der Waals surface area (Å²) in [5, 5.41) is 13.5. The van der Waals surface area contributed by atoms with E-state index < -0.39 is 0 Å². The third-order valence-corrected chi connectivity index (χ3v) is 4.78. The van der Waals surface area contributed by atoms with E-state index in [9.17, 15) is 9.90 Å². The summed E-state index contributed by atoms with van der Waals surface area (Å²) >= 11 is 0. The molecule has 1 heterocycles. The van der Waals surface area contributed by atoms with E-state index in [-0.39, 0.29) is 25.0 Å².